The molecular formula is C14H16ClNO4. The van der Waals surface area contributed by atoms with Crippen LogP contribution in [0.4, 0.5) is 0 Å². The molecule has 1 aromatic carbocycles. The van der Waals surface area contributed by atoms with Crippen molar-refractivity contribution in [3.05, 3.63) is 28.3 Å². The molecule has 6 heteroatoms. The van der Waals surface area contributed by atoms with Gasteiger partial charge in [0.15, 0.2) is 0 Å². The number of esters is 1. The van der Waals surface area contributed by atoms with E-state index in [4.69, 9.17) is 16.3 Å². The summed E-state index contributed by atoms with van der Waals surface area (Å²) >= 11 is 6.21. The summed E-state index contributed by atoms with van der Waals surface area (Å²) in [6.07, 6.45) is 0.369. The predicted octanol–water partition coefficient (Wildman–Crippen LogP) is 1.75. The van der Waals surface area contributed by atoms with Crippen molar-refractivity contribution < 1.29 is 19.4 Å². The molecule has 0 spiro atoms. The molecule has 1 amide bonds. The molecule has 1 aliphatic carbocycles. The molecule has 0 radical (unpaired) electrons. The van der Waals surface area contributed by atoms with Gasteiger partial charge in [0.1, 0.15) is 5.75 Å². The topological polar surface area (TPSA) is 75.6 Å². The zero-order chi connectivity index (χ0) is 14.9. The summed E-state index contributed by atoms with van der Waals surface area (Å²) in [4.78, 5) is 22.1. The van der Waals surface area contributed by atoms with Crippen molar-refractivity contribution in [1.82, 2.24) is 5.32 Å². The molecule has 0 fully saturated rings. The second-order valence-electron chi connectivity index (χ2n) is 4.83. The third kappa shape index (κ3) is 2.94. The Bertz CT molecular complexity index is 558. The number of halogens is 1. The van der Waals surface area contributed by atoms with E-state index in [1.165, 1.54) is 13.8 Å². The van der Waals surface area contributed by atoms with E-state index >= 15 is 0 Å². The summed E-state index contributed by atoms with van der Waals surface area (Å²) < 4.78 is 5.02. The number of ether oxygens (including phenoxy) is 1. The molecule has 0 saturated heterocycles. The highest BCUT2D eigenvalue weighted by atomic mass is 35.5. The third-order valence-electron chi connectivity index (χ3n) is 3.29. The number of aliphatic hydroxyl groups excluding tert-OH is 1. The van der Waals surface area contributed by atoms with E-state index in [1.54, 1.807) is 12.1 Å². The number of fused-ring (bicyclic) bond motifs is 1. The van der Waals surface area contributed by atoms with Crippen LogP contribution < -0.4 is 10.1 Å². The summed E-state index contributed by atoms with van der Waals surface area (Å²) in [6.45, 7) is 2.72. The number of amides is 1. The molecule has 0 saturated carbocycles. The average Bonchev–Trinajstić information content (AvgIpc) is 2.35. The molecule has 0 aromatic heterocycles. The smallest absolute Gasteiger partial charge is 0.308 e. The molecule has 2 N–H and O–H groups in total. The van der Waals surface area contributed by atoms with Gasteiger partial charge in [-0.2, -0.15) is 0 Å². The van der Waals surface area contributed by atoms with E-state index in [9.17, 15) is 14.7 Å². The minimum atomic E-state index is -0.813. The first-order chi connectivity index (χ1) is 9.40. The van der Waals surface area contributed by atoms with Crippen LogP contribution in [-0.2, 0) is 16.0 Å². The van der Waals surface area contributed by atoms with Gasteiger partial charge < -0.3 is 15.2 Å². The Morgan fingerprint density at radius 1 is 1.40 bits per heavy atom. The van der Waals surface area contributed by atoms with Gasteiger partial charge >= 0.3 is 5.97 Å². The molecule has 5 nitrogen and oxygen atoms in total. The van der Waals surface area contributed by atoms with E-state index in [2.05, 4.69) is 5.32 Å². The first-order valence-corrected chi connectivity index (χ1v) is 6.72. The average molecular weight is 298 g/mol. The van der Waals surface area contributed by atoms with Crippen molar-refractivity contribution in [2.75, 3.05) is 0 Å². The van der Waals surface area contributed by atoms with Gasteiger partial charge in [-0.05, 0) is 30.0 Å². The summed E-state index contributed by atoms with van der Waals surface area (Å²) in [5.74, 6) is -0.331. The molecule has 20 heavy (non-hydrogen) atoms. The van der Waals surface area contributed by atoms with Crippen molar-refractivity contribution in [2.24, 2.45) is 0 Å². The summed E-state index contributed by atoms with van der Waals surface area (Å²) in [7, 11) is 0. The van der Waals surface area contributed by atoms with Gasteiger partial charge in [-0.15, -0.1) is 0 Å². The molecule has 2 atom stereocenters. The van der Waals surface area contributed by atoms with E-state index in [-0.39, 0.29) is 11.9 Å². The normalized spacial score (nSPS) is 21.0. The number of benzene rings is 1. The van der Waals surface area contributed by atoms with Crippen LogP contribution in [0.2, 0.25) is 5.02 Å². The fourth-order valence-electron chi connectivity index (χ4n) is 2.47. The maximum absolute atomic E-state index is 11.1. The zero-order valence-corrected chi connectivity index (χ0v) is 12.0. The number of rotatable bonds is 2. The SMILES string of the molecule is CC(=O)NC1CCc2c(ccc(OC(C)=O)c2Cl)C1O. The maximum atomic E-state index is 11.1. The molecule has 108 valence electrons. The molecule has 0 aliphatic heterocycles. The van der Waals surface area contributed by atoms with Crippen LogP contribution in [0.25, 0.3) is 0 Å². The Labute approximate surface area is 121 Å². The van der Waals surface area contributed by atoms with Crippen LogP contribution in [0.5, 0.6) is 5.75 Å². The lowest BCUT2D eigenvalue weighted by atomic mass is 9.85. The Kier molecular flexibility index (Phi) is 4.30. The standard InChI is InChI=1S/C14H16ClNO4/c1-7(17)16-11-5-3-9-10(14(11)19)4-6-12(13(9)15)20-8(2)18/h4,6,11,14,19H,3,5H2,1-2H3,(H,16,17). The zero-order valence-electron chi connectivity index (χ0n) is 11.3. The first-order valence-electron chi connectivity index (χ1n) is 6.35. The largest absolute Gasteiger partial charge is 0.425 e. The second kappa shape index (κ2) is 5.81. The van der Waals surface area contributed by atoms with Gasteiger partial charge in [0.05, 0.1) is 17.2 Å². The number of nitrogens with one attached hydrogen (secondary N) is 1. The number of hydrogen-bond acceptors (Lipinski definition) is 4. The monoisotopic (exact) mass is 297 g/mol. The lowest BCUT2D eigenvalue weighted by Gasteiger charge is -2.31. The summed E-state index contributed by atoms with van der Waals surface area (Å²) in [5, 5.41) is 13.4. The fourth-order valence-corrected chi connectivity index (χ4v) is 2.77. The minimum absolute atomic E-state index is 0.180. The van der Waals surface area contributed by atoms with E-state index in [1.807, 2.05) is 0 Å². The Balaban J connectivity index is 2.31. The van der Waals surface area contributed by atoms with Crippen LogP contribution in [-0.4, -0.2) is 23.0 Å². The second-order valence-corrected chi connectivity index (χ2v) is 5.21. The van der Waals surface area contributed by atoms with Crippen molar-refractivity contribution in [2.45, 2.75) is 38.8 Å². The Morgan fingerprint density at radius 3 is 2.70 bits per heavy atom. The van der Waals surface area contributed by atoms with Crippen LogP contribution >= 0.6 is 11.6 Å². The highest BCUT2D eigenvalue weighted by Gasteiger charge is 2.30. The van der Waals surface area contributed by atoms with E-state index in [0.717, 1.165) is 5.56 Å². The number of carbonyl (C=O) groups excluding carboxylic acids is 2. The van der Waals surface area contributed by atoms with Crippen LogP contribution in [0, 0.1) is 0 Å². The van der Waals surface area contributed by atoms with Gasteiger partial charge in [-0.1, -0.05) is 17.7 Å². The van der Waals surface area contributed by atoms with Crippen LogP contribution in [0.3, 0.4) is 0 Å². The highest BCUT2D eigenvalue weighted by Crippen LogP contribution is 2.39. The summed E-state index contributed by atoms with van der Waals surface area (Å²) in [6, 6.07) is 2.91. The lowest BCUT2D eigenvalue weighted by molar-refractivity contribution is -0.131. The predicted molar refractivity (Wildman–Crippen MR) is 73.6 cm³/mol. The molecule has 2 rings (SSSR count). The number of carbonyl (C=O) groups is 2. The molecule has 1 aromatic rings. The molecule has 0 bridgehead atoms. The van der Waals surface area contributed by atoms with Gasteiger partial charge in [0.2, 0.25) is 5.91 Å². The Hall–Kier alpha value is -1.59. The van der Waals surface area contributed by atoms with E-state index in [0.29, 0.717) is 29.2 Å². The van der Waals surface area contributed by atoms with Crippen LogP contribution in [0.15, 0.2) is 12.1 Å². The molecule has 0 heterocycles. The van der Waals surface area contributed by atoms with Crippen molar-refractivity contribution >= 4 is 23.5 Å². The van der Waals surface area contributed by atoms with Gasteiger partial charge in [0.25, 0.3) is 0 Å². The quantitative estimate of drug-likeness (QED) is 0.644. The molecule has 1 aliphatic rings. The van der Waals surface area contributed by atoms with Crippen molar-refractivity contribution in [1.29, 1.82) is 0 Å². The lowest BCUT2D eigenvalue weighted by Crippen LogP contribution is -2.40. The first kappa shape index (κ1) is 14.8. The summed E-state index contributed by atoms with van der Waals surface area (Å²) in [5.41, 5.74) is 1.43. The minimum Gasteiger partial charge on any atom is -0.425 e. The van der Waals surface area contributed by atoms with Crippen molar-refractivity contribution in [3.8, 4) is 5.75 Å². The van der Waals surface area contributed by atoms with Crippen LogP contribution in [0.1, 0.15) is 37.5 Å². The fraction of sp³-hybridized carbons (Fsp3) is 0.429. The van der Waals surface area contributed by atoms with Gasteiger partial charge in [0, 0.05) is 13.8 Å². The third-order valence-corrected chi connectivity index (χ3v) is 3.71. The molecular weight excluding hydrogens is 282 g/mol. The molecule has 2 unspecified atom stereocenters. The number of hydrogen-bond donors (Lipinski definition) is 2. The van der Waals surface area contributed by atoms with Gasteiger partial charge in [-0.25, -0.2) is 0 Å². The number of aliphatic hydroxyl groups is 1. The Morgan fingerprint density at radius 2 is 2.10 bits per heavy atom. The highest BCUT2D eigenvalue weighted by molar-refractivity contribution is 6.33. The van der Waals surface area contributed by atoms with Crippen molar-refractivity contribution in [3.63, 3.8) is 0 Å². The van der Waals surface area contributed by atoms with E-state index < -0.39 is 12.1 Å². The van der Waals surface area contributed by atoms with Gasteiger partial charge in [-0.3, -0.25) is 9.59 Å². The maximum Gasteiger partial charge on any atom is 0.308 e.